The van der Waals surface area contributed by atoms with Crippen LogP contribution in [0.5, 0.6) is 0 Å². The van der Waals surface area contributed by atoms with Crippen molar-refractivity contribution in [1.29, 1.82) is 0 Å². The first-order valence-corrected chi connectivity index (χ1v) is 11.8. The van der Waals surface area contributed by atoms with E-state index in [1.54, 1.807) is 0 Å². The molecule has 1 nitrogen and oxygen atoms in total. The highest BCUT2D eigenvalue weighted by Gasteiger charge is 2.08. The van der Waals surface area contributed by atoms with E-state index in [1.165, 1.54) is 15.4 Å². The third kappa shape index (κ3) is 6.78. The van der Waals surface area contributed by atoms with Gasteiger partial charge in [-0.25, -0.2) is 0 Å². The molecular formula is C21H19Br2NS2. The van der Waals surface area contributed by atoms with E-state index in [2.05, 4.69) is 116 Å². The topological polar surface area (TPSA) is 3.24 Å². The van der Waals surface area contributed by atoms with Gasteiger partial charge in [-0.1, -0.05) is 62.2 Å². The molecule has 3 aromatic carbocycles. The molecule has 0 saturated carbocycles. The summed E-state index contributed by atoms with van der Waals surface area (Å²) < 4.78 is 2.24. The summed E-state index contributed by atoms with van der Waals surface area (Å²) in [7, 11) is 0. The van der Waals surface area contributed by atoms with E-state index >= 15 is 0 Å². The molecule has 0 saturated heterocycles. The molecule has 0 aliphatic carbocycles. The molecular weight excluding hydrogens is 490 g/mol. The Hall–Kier alpha value is -0.720. The van der Waals surface area contributed by atoms with Crippen LogP contribution in [0.25, 0.3) is 0 Å². The van der Waals surface area contributed by atoms with E-state index < -0.39 is 0 Å². The van der Waals surface area contributed by atoms with E-state index in [0.29, 0.717) is 0 Å². The van der Waals surface area contributed by atoms with Crippen LogP contribution < -0.4 is 0 Å². The van der Waals surface area contributed by atoms with Gasteiger partial charge in [-0.05, 0) is 54.1 Å². The molecule has 0 spiro atoms. The molecule has 0 radical (unpaired) electrons. The zero-order valence-electron chi connectivity index (χ0n) is 14.1. The zero-order valence-corrected chi connectivity index (χ0v) is 19.0. The van der Waals surface area contributed by atoms with Gasteiger partial charge in [0.1, 0.15) is 0 Å². The lowest BCUT2D eigenvalue weighted by atomic mass is 10.2. The first kappa shape index (κ1) is 20.0. The maximum Gasteiger partial charge on any atom is 0.0503 e. The number of hydrogen-bond donors (Lipinski definition) is 0. The first-order chi connectivity index (χ1) is 12.7. The van der Waals surface area contributed by atoms with Crippen LogP contribution in [-0.4, -0.2) is 16.7 Å². The van der Waals surface area contributed by atoms with Gasteiger partial charge in [0.15, 0.2) is 0 Å². The first-order valence-electron chi connectivity index (χ1n) is 8.22. The second-order valence-corrected chi connectivity index (χ2v) is 9.64. The summed E-state index contributed by atoms with van der Waals surface area (Å²) in [4.78, 5) is 5.06. The average Bonchev–Trinajstić information content (AvgIpc) is 2.67. The van der Waals surface area contributed by atoms with Crippen LogP contribution in [0.15, 0.2) is 97.6 Å². The van der Waals surface area contributed by atoms with Gasteiger partial charge in [0.2, 0.25) is 0 Å². The quantitative estimate of drug-likeness (QED) is 0.229. The Labute approximate surface area is 180 Å². The summed E-state index contributed by atoms with van der Waals surface area (Å²) in [6.07, 6.45) is 0. The van der Waals surface area contributed by atoms with Crippen molar-refractivity contribution in [2.45, 2.75) is 16.3 Å². The van der Waals surface area contributed by atoms with Crippen LogP contribution in [-0.2, 0) is 6.54 Å². The van der Waals surface area contributed by atoms with Gasteiger partial charge >= 0.3 is 0 Å². The Morgan fingerprint density at radius 3 is 1.54 bits per heavy atom. The Morgan fingerprint density at radius 2 is 1.08 bits per heavy atom. The normalized spacial score (nSPS) is 11.0. The van der Waals surface area contributed by atoms with Crippen molar-refractivity contribution >= 4 is 55.4 Å². The minimum Gasteiger partial charge on any atom is -0.280 e. The summed E-state index contributed by atoms with van der Waals surface area (Å²) in [6.45, 7) is 0.952. The molecule has 134 valence electrons. The molecule has 0 aliphatic heterocycles. The highest BCUT2D eigenvalue weighted by molar-refractivity contribution is 9.10. The SMILES string of the molecule is Brc1ccc(SCN(CSc2ccc(Br)cc2)Cc2ccccc2)cc1. The van der Waals surface area contributed by atoms with Gasteiger partial charge in [-0.15, -0.1) is 23.5 Å². The summed E-state index contributed by atoms with van der Waals surface area (Å²) >= 11 is 10.8. The number of benzene rings is 3. The van der Waals surface area contributed by atoms with E-state index in [4.69, 9.17) is 0 Å². The van der Waals surface area contributed by atoms with Crippen LogP contribution in [0.3, 0.4) is 0 Å². The van der Waals surface area contributed by atoms with Gasteiger partial charge in [0, 0.05) is 25.3 Å². The molecule has 0 atom stereocenters. The van der Waals surface area contributed by atoms with Gasteiger partial charge in [0.25, 0.3) is 0 Å². The van der Waals surface area contributed by atoms with Crippen LogP contribution in [0, 0.1) is 0 Å². The molecule has 26 heavy (non-hydrogen) atoms. The largest absolute Gasteiger partial charge is 0.280 e. The minimum absolute atomic E-state index is 0.952. The maximum absolute atomic E-state index is 3.50. The predicted octanol–water partition coefficient (Wildman–Crippen LogP) is 7.51. The molecule has 0 amide bonds. The molecule has 0 N–H and O–H groups in total. The Balaban J connectivity index is 1.62. The van der Waals surface area contributed by atoms with Crippen LogP contribution in [0.4, 0.5) is 0 Å². The molecule has 0 aliphatic rings. The van der Waals surface area contributed by atoms with Gasteiger partial charge in [-0.2, -0.15) is 0 Å². The molecule has 0 aromatic heterocycles. The number of halogens is 2. The Morgan fingerprint density at radius 1 is 0.615 bits per heavy atom. The lowest BCUT2D eigenvalue weighted by molar-refractivity contribution is 0.370. The van der Waals surface area contributed by atoms with Crippen molar-refractivity contribution in [3.05, 3.63) is 93.4 Å². The summed E-state index contributed by atoms with van der Waals surface area (Å²) in [5, 5.41) is 0. The monoisotopic (exact) mass is 507 g/mol. The molecule has 0 fully saturated rings. The van der Waals surface area contributed by atoms with Gasteiger partial charge in [0.05, 0.1) is 11.8 Å². The Kier molecular flexibility index (Phi) is 8.14. The molecule has 3 aromatic rings. The summed E-state index contributed by atoms with van der Waals surface area (Å²) in [5.74, 6) is 1.92. The van der Waals surface area contributed by atoms with Gasteiger partial charge < -0.3 is 0 Å². The van der Waals surface area contributed by atoms with Crippen LogP contribution in [0.2, 0.25) is 0 Å². The second kappa shape index (κ2) is 10.6. The van der Waals surface area contributed by atoms with Crippen molar-refractivity contribution in [2.75, 3.05) is 11.8 Å². The van der Waals surface area contributed by atoms with E-state index in [-0.39, 0.29) is 0 Å². The van der Waals surface area contributed by atoms with Crippen molar-refractivity contribution in [3.63, 3.8) is 0 Å². The smallest absolute Gasteiger partial charge is 0.0503 e. The standard InChI is InChI=1S/C21H19Br2NS2/c22-18-6-10-20(11-7-18)25-15-24(14-17-4-2-1-3-5-17)16-26-21-12-8-19(23)9-13-21/h1-13H,14-16H2. The van der Waals surface area contributed by atoms with E-state index in [9.17, 15) is 0 Å². The molecule has 5 heteroatoms. The van der Waals surface area contributed by atoms with Crippen LogP contribution >= 0.6 is 55.4 Å². The maximum atomic E-state index is 3.50. The van der Waals surface area contributed by atoms with Crippen molar-refractivity contribution < 1.29 is 0 Å². The highest BCUT2D eigenvalue weighted by Crippen LogP contribution is 2.26. The van der Waals surface area contributed by atoms with Crippen molar-refractivity contribution in [1.82, 2.24) is 4.90 Å². The van der Waals surface area contributed by atoms with E-state index in [0.717, 1.165) is 27.2 Å². The van der Waals surface area contributed by atoms with E-state index in [1.807, 2.05) is 23.5 Å². The Bertz CT molecular complexity index is 743. The lowest BCUT2D eigenvalue weighted by Crippen LogP contribution is -2.22. The lowest BCUT2D eigenvalue weighted by Gasteiger charge is -2.22. The minimum atomic E-state index is 0.952. The van der Waals surface area contributed by atoms with Gasteiger partial charge in [-0.3, -0.25) is 4.90 Å². The molecule has 0 bridgehead atoms. The summed E-state index contributed by atoms with van der Waals surface area (Å²) in [6, 6.07) is 27.7. The zero-order chi connectivity index (χ0) is 18.2. The fourth-order valence-corrected chi connectivity index (χ4v) is 4.69. The third-order valence-electron chi connectivity index (χ3n) is 3.70. The molecule has 0 unspecified atom stereocenters. The average molecular weight is 509 g/mol. The van der Waals surface area contributed by atoms with Crippen LogP contribution in [0.1, 0.15) is 5.56 Å². The fourth-order valence-electron chi connectivity index (χ4n) is 2.36. The third-order valence-corrected chi connectivity index (χ3v) is 6.96. The molecule has 3 rings (SSSR count). The number of hydrogen-bond acceptors (Lipinski definition) is 3. The highest BCUT2D eigenvalue weighted by atomic mass is 79.9. The number of rotatable bonds is 8. The second-order valence-electron chi connectivity index (χ2n) is 5.77. The molecule has 0 heterocycles. The van der Waals surface area contributed by atoms with Crippen molar-refractivity contribution in [3.8, 4) is 0 Å². The number of nitrogens with zero attached hydrogens (tertiary/aromatic N) is 1. The summed E-state index contributed by atoms with van der Waals surface area (Å²) in [5.41, 5.74) is 1.35. The van der Waals surface area contributed by atoms with Crippen molar-refractivity contribution in [2.24, 2.45) is 0 Å². The fraction of sp³-hybridized carbons (Fsp3) is 0.143. The predicted molar refractivity (Wildman–Crippen MR) is 122 cm³/mol. The number of thioether (sulfide) groups is 2.